The smallest absolute Gasteiger partial charge is 0.161 e. The molecule has 112 valence electrons. The lowest BCUT2D eigenvalue weighted by atomic mass is 10.0. The van der Waals surface area contributed by atoms with E-state index in [0.29, 0.717) is 11.8 Å². The molecule has 0 aliphatic heterocycles. The van der Waals surface area contributed by atoms with Crippen LogP contribution in [-0.2, 0) is 0 Å². The van der Waals surface area contributed by atoms with Crippen molar-refractivity contribution < 1.29 is 13.2 Å². The first kappa shape index (κ1) is 15.9. The zero-order valence-corrected chi connectivity index (χ0v) is 12.8. The molecule has 2 aromatic carbocycles. The third kappa shape index (κ3) is 3.77. The third-order valence-electron chi connectivity index (χ3n) is 3.03. The fraction of sp³-hybridized carbons (Fsp3) is 0.200. The van der Waals surface area contributed by atoms with E-state index in [9.17, 15) is 13.2 Å². The van der Waals surface area contributed by atoms with Crippen LogP contribution in [0.25, 0.3) is 0 Å². The number of hydrogen-bond donors (Lipinski definition) is 2. The summed E-state index contributed by atoms with van der Waals surface area (Å²) in [7, 11) is 0. The van der Waals surface area contributed by atoms with Crippen molar-refractivity contribution in [3.05, 3.63) is 63.4 Å². The van der Waals surface area contributed by atoms with Crippen molar-refractivity contribution in [3.8, 4) is 0 Å². The van der Waals surface area contributed by atoms with Gasteiger partial charge in [-0.1, -0.05) is 15.9 Å². The minimum atomic E-state index is -1.22. The summed E-state index contributed by atoms with van der Waals surface area (Å²) in [5.41, 5.74) is 7.33. The average Bonchev–Trinajstić information content (AvgIpc) is 2.39. The van der Waals surface area contributed by atoms with Gasteiger partial charge in [0.25, 0.3) is 0 Å². The van der Waals surface area contributed by atoms with E-state index in [1.54, 1.807) is 6.07 Å². The largest absolute Gasteiger partial charge is 0.377 e. The van der Waals surface area contributed by atoms with E-state index in [1.165, 1.54) is 0 Å². The Labute approximate surface area is 129 Å². The molecule has 6 heteroatoms. The second-order valence-corrected chi connectivity index (χ2v) is 5.65. The summed E-state index contributed by atoms with van der Waals surface area (Å²) < 4.78 is 41.0. The number of aryl methyl sites for hydroxylation is 1. The molecule has 1 atom stereocenters. The van der Waals surface area contributed by atoms with E-state index in [-0.39, 0.29) is 12.1 Å². The van der Waals surface area contributed by atoms with Crippen LogP contribution in [0.4, 0.5) is 18.9 Å². The van der Waals surface area contributed by atoms with Gasteiger partial charge >= 0.3 is 0 Å². The molecule has 0 spiro atoms. The fourth-order valence-electron chi connectivity index (χ4n) is 2.09. The van der Waals surface area contributed by atoms with Crippen molar-refractivity contribution in [2.75, 3.05) is 11.9 Å². The highest BCUT2D eigenvalue weighted by atomic mass is 79.9. The van der Waals surface area contributed by atoms with Crippen LogP contribution in [0.5, 0.6) is 0 Å². The zero-order valence-electron chi connectivity index (χ0n) is 11.3. The average molecular weight is 359 g/mol. The van der Waals surface area contributed by atoms with Crippen LogP contribution in [0, 0.1) is 24.4 Å². The summed E-state index contributed by atoms with van der Waals surface area (Å²) in [6.07, 6.45) is 0. The Morgan fingerprint density at radius 1 is 1.05 bits per heavy atom. The van der Waals surface area contributed by atoms with E-state index in [0.717, 1.165) is 16.1 Å². The Morgan fingerprint density at radius 2 is 1.71 bits per heavy atom. The van der Waals surface area contributed by atoms with Crippen LogP contribution in [-0.4, -0.2) is 6.54 Å². The van der Waals surface area contributed by atoms with Gasteiger partial charge in [0.15, 0.2) is 11.6 Å². The maximum atomic E-state index is 13.8. The van der Waals surface area contributed by atoms with Crippen molar-refractivity contribution in [2.45, 2.75) is 13.0 Å². The van der Waals surface area contributed by atoms with Gasteiger partial charge in [0.1, 0.15) is 5.82 Å². The lowest BCUT2D eigenvalue weighted by Gasteiger charge is -2.20. The van der Waals surface area contributed by atoms with Gasteiger partial charge < -0.3 is 11.1 Å². The molecule has 0 fully saturated rings. The van der Waals surface area contributed by atoms with Gasteiger partial charge in [-0.15, -0.1) is 0 Å². The molecular weight excluding hydrogens is 345 g/mol. The van der Waals surface area contributed by atoms with Gasteiger partial charge in [-0.2, -0.15) is 0 Å². The number of hydrogen-bond acceptors (Lipinski definition) is 2. The van der Waals surface area contributed by atoms with E-state index < -0.39 is 23.5 Å². The number of nitrogens with two attached hydrogens (primary N) is 1. The Hall–Kier alpha value is -1.53. The van der Waals surface area contributed by atoms with E-state index in [2.05, 4.69) is 21.2 Å². The highest BCUT2D eigenvalue weighted by molar-refractivity contribution is 9.10. The topological polar surface area (TPSA) is 38.0 Å². The van der Waals surface area contributed by atoms with Crippen molar-refractivity contribution in [3.63, 3.8) is 0 Å². The van der Waals surface area contributed by atoms with Crippen molar-refractivity contribution in [1.82, 2.24) is 0 Å². The van der Waals surface area contributed by atoms with E-state index >= 15 is 0 Å². The Morgan fingerprint density at radius 3 is 2.33 bits per heavy atom. The Balaban J connectivity index is 2.34. The molecule has 0 bridgehead atoms. The van der Waals surface area contributed by atoms with Gasteiger partial charge in [0, 0.05) is 28.3 Å². The monoisotopic (exact) mass is 358 g/mol. The standard InChI is InChI=1S/C15H14BrF3N2/c1-8-2-9(16)4-10(3-8)21-15(7-20)11-5-13(18)14(19)6-12(11)17/h2-6,15,21H,7,20H2,1H3. The number of benzene rings is 2. The first-order valence-electron chi connectivity index (χ1n) is 6.29. The molecule has 0 aliphatic rings. The summed E-state index contributed by atoms with van der Waals surface area (Å²) in [5.74, 6) is -3.15. The normalized spacial score (nSPS) is 12.3. The van der Waals surface area contributed by atoms with Crippen LogP contribution in [0.2, 0.25) is 0 Å². The molecule has 0 heterocycles. The molecule has 2 nitrogen and oxygen atoms in total. The number of anilines is 1. The molecule has 1 unspecified atom stereocenters. The predicted molar refractivity (Wildman–Crippen MR) is 80.6 cm³/mol. The molecule has 21 heavy (non-hydrogen) atoms. The first-order chi connectivity index (χ1) is 9.90. The second kappa shape index (κ2) is 6.49. The predicted octanol–water partition coefficient (Wildman–Crippen LogP) is 4.29. The van der Waals surface area contributed by atoms with Gasteiger partial charge in [-0.3, -0.25) is 0 Å². The van der Waals surface area contributed by atoms with Crippen LogP contribution in [0.3, 0.4) is 0 Å². The zero-order chi connectivity index (χ0) is 15.6. The fourth-order valence-corrected chi connectivity index (χ4v) is 2.70. The van der Waals surface area contributed by atoms with Crippen LogP contribution < -0.4 is 11.1 Å². The summed E-state index contributed by atoms with van der Waals surface area (Å²) >= 11 is 3.36. The maximum Gasteiger partial charge on any atom is 0.161 e. The lowest BCUT2D eigenvalue weighted by Crippen LogP contribution is -2.22. The number of rotatable bonds is 4. The van der Waals surface area contributed by atoms with Gasteiger partial charge in [0.05, 0.1) is 6.04 Å². The molecule has 0 saturated heterocycles. The third-order valence-corrected chi connectivity index (χ3v) is 3.49. The molecular formula is C15H14BrF3N2. The van der Waals surface area contributed by atoms with Crippen molar-refractivity contribution in [2.24, 2.45) is 5.73 Å². The van der Waals surface area contributed by atoms with E-state index in [4.69, 9.17) is 5.73 Å². The van der Waals surface area contributed by atoms with Crippen LogP contribution in [0.1, 0.15) is 17.2 Å². The Bertz CT molecular complexity index is 641. The SMILES string of the molecule is Cc1cc(Br)cc(NC(CN)c2cc(F)c(F)cc2F)c1. The molecule has 0 radical (unpaired) electrons. The summed E-state index contributed by atoms with van der Waals surface area (Å²) in [6.45, 7) is 1.94. The lowest BCUT2D eigenvalue weighted by molar-refractivity contribution is 0.486. The first-order valence-corrected chi connectivity index (χ1v) is 7.08. The minimum Gasteiger partial charge on any atom is -0.377 e. The highest BCUT2D eigenvalue weighted by Crippen LogP contribution is 2.26. The van der Waals surface area contributed by atoms with Crippen LogP contribution in [0.15, 0.2) is 34.8 Å². The van der Waals surface area contributed by atoms with Gasteiger partial charge in [0.2, 0.25) is 0 Å². The van der Waals surface area contributed by atoms with Gasteiger partial charge in [-0.05, 0) is 36.8 Å². The minimum absolute atomic E-state index is 0.00553. The summed E-state index contributed by atoms with van der Waals surface area (Å²) in [6, 6.07) is 6.27. The molecule has 2 aromatic rings. The number of halogens is 4. The molecule has 0 aliphatic carbocycles. The highest BCUT2D eigenvalue weighted by Gasteiger charge is 2.18. The molecule has 0 aromatic heterocycles. The van der Waals surface area contributed by atoms with Crippen molar-refractivity contribution in [1.29, 1.82) is 0 Å². The quantitative estimate of drug-likeness (QED) is 0.800. The maximum absolute atomic E-state index is 13.8. The van der Waals surface area contributed by atoms with E-state index in [1.807, 2.05) is 19.1 Å². The summed E-state index contributed by atoms with van der Waals surface area (Å²) in [4.78, 5) is 0. The second-order valence-electron chi connectivity index (χ2n) is 4.74. The number of nitrogens with one attached hydrogen (secondary N) is 1. The molecule has 3 N–H and O–H groups in total. The van der Waals surface area contributed by atoms with Gasteiger partial charge in [-0.25, -0.2) is 13.2 Å². The van der Waals surface area contributed by atoms with Crippen molar-refractivity contribution >= 4 is 21.6 Å². The molecule has 0 saturated carbocycles. The molecule has 2 rings (SSSR count). The molecule has 0 amide bonds. The summed E-state index contributed by atoms with van der Waals surface area (Å²) in [5, 5.41) is 3.03. The Kier molecular flexibility index (Phi) is 4.90. The van der Waals surface area contributed by atoms with Crippen LogP contribution >= 0.6 is 15.9 Å².